The third-order valence-electron chi connectivity index (χ3n) is 5.93. The van der Waals surface area contributed by atoms with E-state index in [9.17, 15) is 14.5 Å². The molecule has 32 heavy (non-hydrogen) atoms. The number of nitrogens with one attached hydrogen (secondary N) is 1. The minimum atomic E-state index is -2.31. The van der Waals surface area contributed by atoms with E-state index in [0.717, 1.165) is 22.0 Å². The molecule has 2 N–H and O–H groups in total. The van der Waals surface area contributed by atoms with Crippen molar-refractivity contribution in [2.24, 2.45) is 0 Å². The van der Waals surface area contributed by atoms with Crippen LogP contribution in [0.2, 0.25) is 0 Å². The number of fused-ring (bicyclic) bond motifs is 3. The van der Waals surface area contributed by atoms with Gasteiger partial charge in [0, 0.05) is 11.2 Å². The molecular formula is C26H28NO4P. The van der Waals surface area contributed by atoms with E-state index in [-0.39, 0.29) is 19.1 Å². The molecule has 1 aliphatic rings. The topological polar surface area (TPSA) is 75.6 Å². The van der Waals surface area contributed by atoms with Crippen LogP contribution in [-0.2, 0) is 15.7 Å². The Bertz CT molecular complexity index is 1110. The van der Waals surface area contributed by atoms with Crippen LogP contribution in [-0.4, -0.2) is 43.8 Å². The molecule has 4 rings (SSSR count). The number of ether oxygens (including phenoxy) is 1. The molecule has 5 nitrogen and oxygen atoms in total. The SMILES string of the molecule is CP(C)(=O)c1ccc(CC(CO)NC(=O)OCC2c3ccccc3-c3ccccc32)cc1. The molecule has 0 radical (unpaired) electrons. The van der Waals surface area contributed by atoms with Crippen molar-refractivity contribution in [2.45, 2.75) is 18.4 Å². The summed E-state index contributed by atoms with van der Waals surface area (Å²) in [6.07, 6.45) is -0.0900. The average Bonchev–Trinajstić information content (AvgIpc) is 3.11. The third-order valence-corrected chi connectivity index (χ3v) is 7.47. The standard InChI is InChI=1S/C26H28NO4P/c1-32(2,30)20-13-11-18(12-14-20)15-19(16-28)27-26(29)31-17-25-23-9-5-3-7-21(23)22-8-4-6-10-24(22)25/h3-14,19,25,28H,15-17H2,1-2H3,(H,27,29). The highest BCUT2D eigenvalue weighted by molar-refractivity contribution is 7.70. The number of hydrogen-bond acceptors (Lipinski definition) is 4. The van der Waals surface area contributed by atoms with Crippen molar-refractivity contribution in [1.29, 1.82) is 0 Å². The first-order valence-corrected chi connectivity index (χ1v) is 13.3. The highest BCUT2D eigenvalue weighted by atomic mass is 31.2. The lowest BCUT2D eigenvalue weighted by Crippen LogP contribution is -2.39. The summed E-state index contributed by atoms with van der Waals surface area (Å²) < 4.78 is 17.7. The second-order valence-corrected chi connectivity index (χ2v) is 11.8. The van der Waals surface area contributed by atoms with Crippen molar-refractivity contribution in [2.75, 3.05) is 26.5 Å². The van der Waals surface area contributed by atoms with Gasteiger partial charge in [-0.1, -0.05) is 72.8 Å². The van der Waals surface area contributed by atoms with Gasteiger partial charge in [0.15, 0.2) is 0 Å². The summed E-state index contributed by atoms with van der Waals surface area (Å²) in [4.78, 5) is 12.5. The maximum Gasteiger partial charge on any atom is 0.407 e. The maximum atomic E-state index is 12.5. The second-order valence-electron chi connectivity index (χ2n) is 8.57. The van der Waals surface area contributed by atoms with E-state index < -0.39 is 19.3 Å². The Morgan fingerprint density at radius 3 is 2.06 bits per heavy atom. The molecule has 0 saturated heterocycles. The first-order valence-electron chi connectivity index (χ1n) is 10.7. The highest BCUT2D eigenvalue weighted by Crippen LogP contribution is 2.44. The molecule has 1 aliphatic carbocycles. The Morgan fingerprint density at radius 2 is 1.53 bits per heavy atom. The molecule has 3 aromatic carbocycles. The Kier molecular flexibility index (Phi) is 6.50. The fourth-order valence-electron chi connectivity index (χ4n) is 4.24. The molecule has 0 aromatic heterocycles. The monoisotopic (exact) mass is 449 g/mol. The molecule has 1 unspecified atom stereocenters. The first kappa shape index (κ1) is 22.3. The molecule has 0 saturated carbocycles. The fraction of sp³-hybridized carbons (Fsp3) is 0.269. The van der Waals surface area contributed by atoms with Gasteiger partial charge in [0.2, 0.25) is 0 Å². The van der Waals surface area contributed by atoms with E-state index in [0.29, 0.717) is 6.42 Å². The van der Waals surface area contributed by atoms with Crippen LogP contribution < -0.4 is 10.6 Å². The Hall–Kier alpha value is -2.88. The fourth-order valence-corrected chi connectivity index (χ4v) is 5.11. The molecule has 1 atom stereocenters. The van der Waals surface area contributed by atoms with Crippen LogP contribution in [0.4, 0.5) is 4.79 Å². The van der Waals surface area contributed by atoms with E-state index in [1.807, 2.05) is 48.5 Å². The average molecular weight is 449 g/mol. The van der Waals surface area contributed by atoms with Crippen LogP contribution in [0.15, 0.2) is 72.8 Å². The van der Waals surface area contributed by atoms with Gasteiger partial charge >= 0.3 is 6.09 Å². The minimum absolute atomic E-state index is 0.00736. The zero-order valence-electron chi connectivity index (χ0n) is 18.3. The largest absolute Gasteiger partial charge is 0.449 e. The van der Waals surface area contributed by atoms with E-state index >= 15 is 0 Å². The smallest absolute Gasteiger partial charge is 0.407 e. The first-order chi connectivity index (χ1) is 15.4. The Labute approximate surface area is 188 Å². The number of aliphatic hydroxyl groups is 1. The molecule has 0 heterocycles. The molecule has 0 bridgehead atoms. The summed E-state index contributed by atoms with van der Waals surface area (Å²) >= 11 is 0. The van der Waals surface area contributed by atoms with Gasteiger partial charge in [-0.15, -0.1) is 0 Å². The molecule has 166 valence electrons. The molecule has 3 aromatic rings. The van der Waals surface area contributed by atoms with E-state index in [2.05, 4.69) is 29.6 Å². The van der Waals surface area contributed by atoms with E-state index in [1.54, 1.807) is 13.3 Å². The molecule has 0 spiro atoms. The van der Waals surface area contributed by atoms with Crippen molar-refractivity contribution >= 4 is 18.5 Å². The highest BCUT2D eigenvalue weighted by Gasteiger charge is 2.29. The van der Waals surface area contributed by atoms with Gasteiger partial charge in [-0.2, -0.15) is 0 Å². The minimum Gasteiger partial charge on any atom is -0.449 e. The Balaban J connectivity index is 1.38. The molecule has 6 heteroatoms. The molecule has 0 fully saturated rings. The lowest BCUT2D eigenvalue weighted by Gasteiger charge is -2.19. The summed E-state index contributed by atoms with van der Waals surface area (Å²) in [5.41, 5.74) is 5.61. The van der Waals surface area contributed by atoms with Crippen LogP contribution >= 0.6 is 7.14 Å². The Morgan fingerprint density at radius 1 is 0.969 bits per heavy atom. The van der Waals surface area contributed by atoms with Gasteiger partial charge < -0.3 is 19.7 Å². The lowest BCUT2D eigenvalue weighted by atomic mass is 9.98. The quantitative estimate of drug-likeness (QED) is 0.525. The van der Waals surface area contributed by atoms with Gasteiger partial charge in [-0.3, -0.25) is 0 Å². The molecular weight excluding hydrogens is 421 g/mol. The number of hydrogen-bond donors (Lipinski definition) is 2. The van der Waals surface area contributed by atoms with Crippen LogP contribution in [0.1, 0.15) is 22.6 Å². The zero-order valence-corrected chi connectivity index (χ0v) is 19.2. The molecule has 1 amide bonds. The number of alkyl carbamates (subject to hydrolysis) is 1. The van der Waals surface area contributed by atoms with Crippen LogP contribution in [0.25, 0.3) is 11.1 Å². The van der Waals surface area contributed by atoms with Crippen LogP contribution in [0.5, 0.6) is 0 Å². The predicted molar refractivity (Wildman–Crippen MR) is 128 cm³/mol. The number of aliphatic hydroxyl groups excluding tert-OH is 1. The maximum absolute atomic E-state index is 12.5. The predicted octanol–water partition coefficient (Wildman–Crippen LogP) is 4.38. The van der Waals surface area contributed by atoms with E-state index in [1.165, 1.54) is 11.1 Å². The number of carbonyl (C=O) groups is 1. The summed E-state index contributed by atoms with van der Waals surface area (Å²) in [6, 6.07) is 23.4. The summed E-state index contributed by atoms with van der Waals surface area (Å²) in [7, 11) is -2.31. The van der Waals surface area contributed by atoms with E-state index in [4.69, 9.17) is 4.74 Å². The lowest BCUT2D eigenvalue weighted by molar-refractivity contribution is 0.132. The summed E-state index contributed by atoms with van der Waals surface area (Å²) in [5, 5.41) is 13.3. The van der Waals surface area contributed by atoms with Crippen molar-refractivity contribution in [1.82, 2.24) is 5.32 Å². The van der Waals surface area contributed by atoms with Crippen molar-refractivity contribution in [3.8, 4) is 11.1 Å². The van der Waals surface area contributed by atoms with Gasteiger partial charge in [0.1, 0.15) is 13.7 Å². The van der Waals surface area contributed by atoms with Gasteiger partial charge in [0.25, 0.3) is 0 Å². The summed E-state index contributed by atoms with van der Waals surface area (Å²) in [6.45, 7) is 3.50. The normalized spacial score (nSPS) is 13.8. The number of benzene rings is 3. The summed E-state index contributed by atoms with van der Waals surface area (Å²) in [5.74, 6) is -0.00736. The molecule has 0 aliphatic heterocycles. The zero-order chi connectivity index (χ0) is 22.7. The van der Waals surface area contributed by atoms with Gasteiger partial charge in [-0.25, -0.2) is 4.79 Å². The van der Waals surface area contributed by atoms with Gasteiger partial charge in [0.05, 0.1) is 12.6 Å². The third kappa shape index (κ3) is 4.79. The van der Waals surface area contributed by atoms with Crippen LogP contribution in [0, 0.1) is 0 Å². The number of rotatable bonds is 7. The second kappa shape index (κ2) is 9.32. The number of amides is 1. The van der Waals surface area contributed by atoms with Crippen molar-refractivity contribution in [3.63, 3.8) is 0 Å². The van der Waals surface area contributed by atoms with Crippen LogP contribution in [0.3, 0.4) is 0 Å². The van der Waals surface area contributed by atoms with Crippen molar-refractivity contribution in [3.05, 3.63) is 89.5 Å². The van der Waals surface area contributed by atoms with Crippen molar-refractivity contribution < 1.29 is 19.2 Å². The number of carbonyl (C=O) groups excluding carboxylic acids is 1. The van der Waals surface area contributed by atoms with Gasteiger partial charge in [-0.05, 0) is 47.6 Å².